The Bertz CT molecular complexity index is 1840. The minimum absolute atomic E-state index is 0.179. The molecule has 3 aliphatic carbocycles. The zero-order chi connectivity index (χ0) is 29.0. The van der Waals surface area contributed by atoms with E-state index in [1.165, 1.54) is 50.2 Å². The first-order valence-corrected chi connectivity index (χ1v) is 15.6. The van der Waals surface area contributed by atoms with Gasteiger partial charge in [-0.15, -0.1) is 0 Å². The first-order valence-electron chi connectivity index (χ1n) is 15.6. The molecule has 0 aromatic heterocycles. The molecule has 0 N–H and O–H groups in total. The molecule has 4 aromatic carbocycles. The number of allylic oxidation sites excluding steroid dienone is 6. The molecule has 210 valence electrons. The van der Waals surface area contributed by atoms with E-state index in [0.29, 0.717) is 6.04 Å². The van der Waals surface area contributed by atoms with E-state index in [2.05, 4.69) is 158 Å². The van der Waals surface area contributed by atoms with Gasteiger partial charge < -0.3 is 4.90 Å². The summed E-state index contributed by atoms with van der Waals surface area (Å²) in [5.41, 5.74) is 11.6. The van der Waals surface area contributed by atoms with Crippen LogP contribution in [-0.4, -0.2) is 17.9 Å². The van der Waals surface area contributed by atoms with Crippen LogP contribution in [0, 0.1) is 5.41 Å². The Morgan fingerprint density at radius 1 is 0.767 bits per heavy atom. The summed E-state index contributed by atoms with van der Waals surface area (Å²) in [5.74, 6) is 1.28. The van der Waals surface area contributed by atoms with Crippen molar-refractivity contribution in [3.8, 4) is 0 Å². The van der Waals surface area contributed by atoms with Crippen LogP contribution >= 0.6 is 0 Å². The molecule has 4 atom stereocenters. The standard InChI is InChI=1S/C41H36N2/c1-28-21-26-35-38(29-13-5-3-6-14-29)33-17-9-10-18-34(33)39(41(35,2)27-28)30-22-24-32(25-23-30)43-37-20-12-11-19-36(37)42-40(43)31-15-7-4-8-16-31/h3-10,12-18,20-27,36-37,39H,11,19H2,1-2H3. The Morgan fingerprint density at radius 2 is 1.47 bits per heavy atom. The number of hydrogen-bond donors (Lipinski definition) is 0. The van der Waals surface area contributed by atoms with Crippen molar-refractivity contribution in [3.63, 3.8) is 0 Å². The molecule has 0 spiro atoms. The van der Waals surface area contributed by atoms with Crippen LogP contribution < -0.4 is 4.90 Å². The third kappa shape index (κ3) is 4.19. The van der Waals surface area contributed by atoms with Crippen LogP contribution in [0.1, 0.15) is 60.4 Å². The predicted molar refractivity (Wildman–Crippen MR) is 180 cm³/mol. The van der Waals surface area contributed by atoms with Crippen molar-refractivity contribution in [2.24, 2.45) is 10.4 Å². The van der Waals surface area contributed by atoms with Gasteiger partial charge in [0.1, 0.15) is 5.84 Å². The zero-order valence-electron chi connectivity index (χ0n) is 24.8. The normalized spacial score (nSPS) is 25.5. The van der Waals surface area contributed by atoms with Gasteiger partial charge in [0, 0.05) is 22.6 Å². The number of nitrogens with zero attached hydrogens (tertiary/aromatic N) is 2. The fourth-order valence-corrected chi connectivity index (χ4v) is 7.95. The van der Waals surface area contributed by atoms with Crippen molar-refractivity contribution in [2.45, 2.75) is 44.7 Å². The van der Waals surface area contributed by atoms with Crippen LogP contribution in [0.3, 0.4) is 0 Å². The lowest BCUT2D eigenvalue weighted by molar-refractivity contribution is 0.446. The van der Waals surface area contributed by atoms with E-state index in [-0.39, 0.29) is 17.4 Å². The highest BCUT2D eigenvalue weighted by atomic mass is 15.3. The monoisotopic (exact) mass is 556 g/mol. The number of benzene rings is 4. The quantitative estimate of drug-likeness (QED) is 0.229. The summed E-state index contributed by atoms with van der Waals surface area (Å²) in [4.78, 5) is 7.72. The molecule has 0 saturated heterocycles. The SMILES string of the molecule is CC1=CC2(C)C(=C(c3ccccc3)c3ccccc3C2c2ccc(N3C(c4ccccc4)=NC4CCC=CC43)cc2)C=C1. The third-order valence-electron chi connectivity index (χ3n) is 9.80. The second-order valence-corrected chi connectivity index (χ2v) is 12.5. The summed E-state index contributed by atoms with van der Waals surface area (Å²) in [6.07, 6.45) is 14.0. The maximum atomic E-state index is 5.26. The predicted octanol–water partition coefficient (Wildman–Crippen LogP) is 9.51. The smallest absolute Gasteiger partial charge is 0.136 e. The first kappa shape index (κ1) is 26.0. The maximum Gasteiger partial charge on any atom is 0.136 e. The van der Waals surface area contributed by atoms with Gasteiger partial charge in [-0.1, -0.05) is 140 Å². The molecule has 0 saturated carbocycles. The van der Waals surface area contributed by atoms with E-state index >= 15 is 0 Å². The Hall–Kier alpha value is -4.69. The average Bonchev–Trinajstić information content (AvgIpc) is 3.44. The lowest BCUT2D eigenvalue weighted by atomic mass is 9.57. The molecule has 8 rings (SSSR count). The molecule has 4 aromatic rings. The zero-order valence-corrected chi connectivity index (χ0v) is 24.8. The summed E-state index contributed by atoms with van der Waals surface area (Å²) in [5, 5.41) is 0. The van der Waals surface area contributed by atoms with Gasteiger partial charge >= 0.3 is 0 Å². The molecule has 4 unspecified atom stereocenters. The Labute approximate surface area is 255 Å². The molecule has 0 fully saturated rings. The molecular weight excluding hydrogens is 520 g/mol. The van der Waals surface area contributed by atoms with Crippen molar-refractivity contribution < 1.29 is 0 Å². The largest absolute Gasteiger partial charge is 0.317 e. The van der Waals surface area contributed by atoms with Crippen LogP contribution in [0.4, 0.5) is 5.69 Å². The molecule has 0 amide bonds. The Balaban J connectivity index is 1.25. The van der Waals surface area contributed by atoms with Crippen LogP contribution in [0.25, 0.3) is 5.57 Å². The van der Waals surface area contributed by atoms with Crippen molar-refractivity contribution in [3.05, 3.63) is 179 Å². The van der Waals surface area contributed by atoms with E-state index in [9.17, 15) is 0 Å². The van der Waals surface area contributed by atoms with Crippen LogP contribution in [0.2, 0.25) is 0 Å². The number of amidine groups is 1. The van der Waals surface area contributed by atoms with Gasteiger partial charge in [-0.25, -0.2) is 0 Å². The van der Waals surface area contributed by atoms with Crippen molar-refractivity contribution in [1.29, 1.82) is 0 Å². The van der Waals surface area contributed by atoms with Gasteiger partial charge in [0.25, 0.3) is 0 Å². The number of anilines is 1. The third-order valence-corrected chi connectivity index (χ3v) is 9.80. The minimum atomic E-state index is -0.179. The van der Waals surface area contributed by atoms with E-state index < -0.39 is 0 Å². The second-order valence-electron chi connectivity index (χ2n) is 12.5. The highest BCUT2D eigenvalue weighted by Gasteiger charge is 2.45. The highest BCUT2D eigenvalue weighted by molar-refractivity contribution is 6.12. The summed E-state index contributed by atoms with van der Waals surface area (Å²) in [6, 6.07) is 40.6. The van der Waals surface area contributed by atoms with Gasteiger partial charge in [0.15, 0.2) is 0 Å². The first-order chi connectivity index (χ1) is 21.1. The molecule has 0 bridgehead atoms. The van der Waals surface area contributed by atoms with Crippen molar-refractivity contribution >= 4 is 17.1 Å². The minimum Gasteiger partial charge on any atom is -0.317 e. The summed E-state index contributed by atoms with van der Waals surface area (Å²) in [6.45, 7) is 4.66. The van der Waals surface area contributed by atoms with Crippen LogP contribution in [0.15, 0.2) is 156 Å². The van der Waals surface area contributed by atoms with E-state index in [1.807, 2.05) is 0 Å². The Morgan fingerprint density at radius 3 is 2.23 bits per heavy atom. The molecule has 43 heavy (non-hydrogen) atoms. The van der Waals surface area contributed by atoms with E-state index in [1.54, 1.807) is 0 Å². The second kappa shape index (κ2) is 10.2. The fourth-order valence-electron chi connectivity index (χ4n) is 7.95. The van der Waals surface area contributed by atoms with Gasteiger partial charge in [-0.05, 0) is 65.3 Å². The number of hydrogen-bond acceptors (Lipinski definition) is 2. The molecule has 1 aliphatic heterocycles. The molecule has 2 nitrogen and oxygen atoms in total. The van der Waals surface area contributed by atoms with Crippen LogP contribution in [0.5, 0.6) is 0 Å². The van der Waals surface area contributed by atoms with E-state index in [4.69, 9.17) is 4.99 Å². The topological polar surface area (TPSA) is 15.6 Å². The fraction of sp³-hybridized carbons (Fsp3) is 0.195. The lowest BCUT2D eigenvalue weighted by Gasteiger charge is -2.45. The summed E-state index contributed by atoms with van der Waals surface area (Å²) >= 11 is 0. The molecule has 0 radical (unpaired) electrons. The highest BCUT2D eigenvalue weighted by Crippen LogP contribution is 2.57. The van der Waals surface area contributed by atoms with Crippen LogP contribution in [-0.2, 0) is 0 Å². The summed E-state index contributed by atoms with van der Waals surface area (Å²) in [7, 11) is 0. The molecule has 2 heteroatoms. The van der Waals surface area contributed by atoms with Gasteiger partial charge in [-0.2, -0.15) is 0 Å². The number of rotatable bonds is 4. The molecule has 1 heterocycles. The number of aliphatic imine (C=N–C) groups is 1. The van der Waals surface area contributed by atoms with Crippen molar-refractivity contribution in [2.75, 3.05) is 4.90 Å². The Kier molecular flexibility index (Phi) is 6.19. The average molecular weight is 557 g/mol. The molecular formula is C41H36N2. The molecule has 4 aliphatic rings. The van der Waals surface area contributed by atoms with Gasteiger partial charge in [0.05, 0.1) is 12.1 Å². The summed E-state index contributed by atoms with van der Waals surface area (Å²) < 4.78 is 0. The van der Waals surface area contributed by atoms with Gasteiger partial charge in [-0.3, -0.25) is 4.99 Å². The maximum absolute atomic E-state index is 5.26. The number of fused-ring (bicyclic) bond motifs is 3. The van der Waals surface area contributed by atoms with E-state index in [0.717, 1.165) is 18.7 Å². The van der Waals surface area contributed by atoms with Crippen molar-refractivity contribution in [1.82, 2.24) is 0 Å². The van der Waals surface area contributed by atoms with Gasteiger partial charge in [0.2, 0.25) is 0 Å². The lowest BCUT2D eigenvalue weighted by Crippen LogP contribution is -2.40.